The smallest absolute Gasteiger partial charge is 0.335 e. The van der Waals surface area contributed by atoms with Crippen LogP contribution in [0.1, 0.15) is 87.9 Å². The zero-order chi connectivity index (χ0) is 22.9. The standard InChI is InChI=1S/C26H27FN2O3/c1-2-18-14-21(19-4-3-5-19)23(25(31)32)15-22(18)24(30)29-12-10-26(27,11-13-29)20-8-6-17(16-28)7-9-20/h6-9,14-15,19H,2-5,10-13H2,1H3,(H,31,32). The summed E-state index contributed by atoms with van der Waals surface area (Å²) < 4.78 is 15.6. The lowest BCUT2D eigenvalue weighted by molar-refractivity contribution is 0.0420. The number of piperidine rings is 1. The van der Waals surface area contributed by atoms with E-state index in [0.29, 0.717) is 23.1 Å². The number of nitriles is 1. The molecule has 32 heavy (non-hydrogen) atoms. The average molecular weight is 435 g/mol. The van der Waals surface area contributed by atoms with Crippen LogP contribution in [0.4, 0.5) is 4.39 Å². The summed E-state index contributed by atoms with van der Waals surface area (Å²) in [5, 5.41) is 18.7. The molecule has 2 fully saturated rings. The molecular formula is C26H27FN2O3. The van der Waals surface area contributed by atoms with Crippen LogP contribution in [0.5, 0.6) is 0 Å². The molecule has 4 rings (SSSR count). The van der Waals surface area contributed by atoms with Crippen LogP contribution in [0.2, 0.25) is 0 Å². The molecule has 0 radical (unpaired) electrons. The first-order valence-electron chi connectivity index (χ1n) is 11.2. The number of carboxylic acid groups (broad SMARTS) is 1. The predicted octanol–water partition coefficient (Wildman–Crippen LogP) is 5.19. The SMILES string of the molecule is CCc1cc(C2CCC2)c(C(=O)O)cc1C(=O)N1CCC(F)(c2ccc(C#N)cc2)CC1. The van der Waals surface area contributed by atoms with Crippen LogP contribution in [0, 0.1) is 11.3 Å². The van der Waals surface area contributed by atoms with Crippen molar-refractivity contribution in [2.45, 2.75) is 57.0 Å². The van der Waals surface area contributed by atoms with Gasteiger partial charge in [0.15, 0.2) is 0 Å². The minimum absolute atomic E-state index is 0.165. The number of likely N-dealkylation sites (tertiary alicyclic amines) is 1. The van der Waals surface area contributed by atoms with Crippen molar-refractivity contribution in [3.05, 3.63) is 69.8 Å². The Morgan fingerprint density at radius 3 is 2.31 bits per heavy atom. The molecule has 1 N–H and O–H groups in total. The molecule has 1 amide bonds. The van der Waals surface area contributed by atoms with E-state index < -0.39 is 11.6 Å². The lowest BCUT2D eigenvalue weighted by Crippen LogP contribution is -2.43. The number of benzene rings is 2. The summed E-state index contributed by atoms with van der Waals surface area (Å²) >= 11 is 0. The van der Waals surface area contributed by atoms with E-state index in [1.165, 1.54) is 6.07 Å². The number of nitrogens with zero attached hydrogens (tertiary/aromatic N) is 2. The molecular weight excluding hydrogens is 407 g/mol. The highest BCUT2D eigenvalue weighted by Gasteiger charge is 2.38. The summed E-state index contributed by atoms with van der Waals surface area (Å²) in [4.78, 5) is 26.9. The van der Waals surface area contributed by atoms with E-state index >= 15 is 4.39 Å². The monoisotopic (exact) mass is 434 g/mol. The van der Waals surface area contributed by atoms with Crippen LogP contribution in [0.15, 0.2) is 36.4 Å². The highest BCUT2D eigenvalue weighted by atomic mass is 19.1. The maximum absolute atomic E-state index is 15.6. The first kappa shape index (κ1) is 22.0. The molecule has 1 aliphatic carbocycles. The van der Waals surface area contributed by atoms with E-state index in [0.717, 1.165) is 30.4 Å². The topological polar surface area (TPSA) is 81.4 Å². The van der Waals surface area contributed by atoms with Crippen molar-refractivity contribution in [1.29, 1.82) is 5.26 Å². The largest absolute Gasteiger partial charge is 0.478 e. The van der Waals surface area contributed by atoms with Crippen molar-refractivity contribution in [3.8, 4) is 6.07 Å². The summed E-state index contributed by atoms with van der Waals surface area (Å²) in [5.74, 6) is -0.984. The number of carbonyl (C=O) groups excluding carboxylic acids is 1. The van der Waals surface area contributed by atoms with Crippen LogP contribution in [0.25, 0.3) is 0 Å². The maximum Gasteiger partial charge on any atom is 0.335 e. The van der Waals surface area contributed by atoms with Crippen molar-refractivity contribution in [2.75, 3.05) is 13.1 Å². The fourth-order valence-electron chi connectivity index (χ4n) is 4.76. The van der Waals surface area contributed by atoms with Crippen LogP contribution in [0.3, 0.4) is 0 Å². The Bertz CT molecular complexity index is 1080. The lowest BCUT2D eigenvalue weighted by Gasteiger charge is -2.37. The fourth-order valence-corrected chi connectivity index (χ4v) is 4.76. The maximum atomic E-state index is 15.6. The molecule has 2 aromatic carbocycles. The van der Waals surface area contributed by atoms with Gasteiger partial charge < -0.3 is 10.0 Å². The quantitative estimate of drug-likeness (QED) is 0.702. The number of rotatable bonds is 5. The minimum atomic E-state index is -1.54. The van der Waals surface area contributed by atoms with E-state index in [4.69, 9.17) is 5.26 Å². The van der Waals surface area contributed by atoms with E-state index in [1.807, 2.05) is 19.1 Å². The number of aryl methyl sites for hydroxylation is 1. The van der Waals surface area contributed by atoms with E-state index in [9.17, 15) is 14.7 Å². The molecule has 2 aliphatic rings. The summed E-state index contributed by atoms with van der Waals surface area (Å²) in [6.45, 7) is 2.47. The van der Waals surface area contributed by atoms with Crippen molar-refractivity contribution >= 4 is 11.9 Å². The molecule has 166 valence electrons. The normalized spacial score (nSPS) is 18.0. The molecule has 1 saturated heterocycles. The van der Waals surface area contributed by atoms with Gasteiger partial charge in [-0.1, -0.05) is 31.5 Å². The highest BCUT2D eigenvalue weighted by Crippen LogP contribution is 2.40. The van der Waals surface area contributed by atoms with Gasteiger partial charge in [-0.05, 0) is 60.1 Å². The lowest BCUT2D eigenvalue weighted by atomic mass is 9.76. The van der Waals surface area contributed by atoms with Gasteiger partial charge in [0.2, 0.25) is 0 Å². The van der Waals surface area contributed by atoms with Gasteiger partial charge in [-0.2, -0.15) is 5.26 Å². The molecule has 1 aliphatic heterocycles. The summed E-state index contributed by atoms with van der Waals surface area (Å²) in [5.41, 5.74) is 1.78. The van der Waals surface area contributed by atoms with Gasteiger partial charge in [-0.25, -0.2) is 9.18 Å². The van der Waals surface area contributed by atoms with Crippen LogP contribution >= 0.6 is 0 Å². The third kappa shape index (κ3) is 4.00. The zero-order valence-electron chi connectivity index (χ0n) is 18.2. The van der Waals surface area contributed by atoms with E-state index in [2.05, 4.69) is 0 Å². The highest BCUT2D eigenvalue weighted by molar-refractivity contribution is 5.99. The minimum Gasteiger partial charge on any atom is -0.478 e. The van der Waals surface area contributed by atoms with Gasteiger partial charge in [0.1, 0.15) is 5.67 Å². The van der Waals surface area contributed by atoms with Gasteiger partial charge in [0.25, 0.3) is 5.91 Å². The molecule has 1 heterocycles. The Morgan fingerprint density at radius 1 is 1.16 bits per heavy atom. The Balaban J connectivity index is 1.55. The van der Waals surface area contributed by atoms with Gasteiger partial charge >= 0.3 is 5.97 Å². The van der Waals surface area contributed by atoms with Crippen LogP contribution < -0.4 is 0 Å². The predicted molar refractivity (Wildman–Crippen MR) is 118 cm³/mol. The van der Waals surface area contributed by atoms with Crippen molar-refractivity contribution in [2.24, 2.45) is 0 Å². The molecule has 2 aromatic rings. The van der Waals surface area contributed by atoms with Crippen molar-refractivity contribution in [3.63, 3.8) is 0 Å². The Kier molecular flexibility index (Phi) is 6.01. The van der Waals surface area contributed by atoms with Crippen LogP contribution in [-0.2, 0) is 12.1 Å². The molecule has 0 unspecified atom stereocenters. The Hall–Kier alpha value is -3.20. The molecule has 0 atom stereocenters. The summed E-state index contributed by atoms with van der Waals surface area (Å²) in [6, 6.07) is 12.0. The van der Waals surface area contributed by atoms with E-state index in [-0.39, 0.29) is 43.3 Å². The third-order valence-corrected chi connectivity index (χ3v) is 7.04. The number of hydrogen-bond acceptors (Lipinski definition) is 3. The van der Waals surface area contributed by atoms with E-state index in [1.54, 1.807) is 29.2 Å². The second-order valence-corrected chi connectivity index (χ2v) is 8.83. The van der Waals surface area contributed by atoms with Crippen molar-refractivity contribution in [1.82, 2.24) is 4.90 Å². The third-order valence-electron chi connectivity index (χ3n) is 7.04. The molecule has 5 nitrogen and oxygen atoms in total. The van der Waals surface area contributed by atoms with Gasteiger partial charge in [-0.15, -0.1) is 0 Å². The molecule has 1 saturated carbocycles. The molecule has 6 heteroatoms. The average Bonchev–Trinajstić information content (AvgIpc) is 2.77. The number of hydrogen-bond donors (Lipinski definition) is 1. The number of aromatic carboxylic acids is 1. The van der Waals surface area contributed by atoms with Gasteiger partial charge in [-0.3, -0.25) is 4.79 Å². The summed E-state index contributed by atoms with van der Waals surface area (Å²) in [7, 11) is 0. The van der Waals surface area contributed by atoms with Gasteiger partial charge in [0.05, 0.1) is 17.2 Å². The Labute approximate surface area is 187 Å². The second-order valence-electron chi connectivity index (χ2n) is 8.83. The van der Waals surface area contributed by atoms with Crippen LogP contribution in [-0.4, -0.2) is 35.0 Å². The molecule has 0 bridgehead atoms. The number of halogens is 1. The number of carboxylic acids is 1. The Morgan fingerprint density at radius 2 is 1.81 bits per heavy atom. The zero-order valence-corrected chi connectivity index (χ0v) is 18.2. The number of carbonyl (C=O) groups is 2. The van der Waals surface area contributed by atoms with Gasteiger partial charge in [0, 0.05) is 31.5 Å². The molecule has 0 spiro atoms. The molecule has 0 aromatic heterocycles. The first-order chi connectivity index (χ1) is 15.4. The fraction of sp³-hybridized carbons (Fsp3) is 0.423. The number of alkyl halides is 1. The number of amides is 1. The first-order valence-corrected chi connectivity index (χ1v) is 11.2. The van der Waals surface area contributed by atoms with Crippen molar-refractivity contribution < 1.29 is 19.1 Å². The second kappa shape index (κ2) is 8.74. The summed E-state index contributed by atoms with van der Waals surface area (Å²) in [6.07, 6.45) is 4.03.